The predicted molar refractivity (Wildman–Crippen MR) is 105 cm³/mol. The predicted octanol–water partition coefficient (Wildman–Crippen LogP) is 6.14. The van der Waals surface area contributed by atoms with Crippen molar-refractivity contribution in [1.82, 2.24) is 0 Å². The third-order valence-electron chi connectivity index (χ3n) is 6.10. The first-order chi connectivity index (χ1) is 12.0. The van der Waals surface area contributed by atoms with Gasteiger partial charge in [-0.2, -0.15) is 8.42 Å². The molecule has 1 N–H and O–H groups in total. The molecule has 0 aromatic heterocycles. The van der Waals surface area contributed by atoms with Crippen molar-refractivity contribution < 1.29 is 13.0 Å². The topological polar surface area (TPSA) is 54.4 Å². The van der Waals surface area contributed by atoms with Crippen molar-refractivity contribution in [2.24, 2.45) is 0 Å². The van der Waals surface area contributed by atoms with Gasteiger partial charge in [0.15, 0.2) is 0 Å². The summed E-state index contributed by atoms with van der Waals surface area (Å²) in [6.45, 7) is 2.36. The Labute approximate surface area is 154 Å². The van der Waals surface area contributed by atoms with Crippen molar-refractivity contribution in [2.75, 3.05) is 0 Å². The molecule has 3 nitrogen and oxygen atoms in total. The summed E-state index contributed by atoms with van der Waals surface area (Å²) < 4.78 is 31.8. The van der Waals surface area contributed by atoms with Crippen molar-refractivity contribution in [2.45, 2.75) is 93.0 Å². The van der Waals surface area contributed by atoms with Crippen LogP contribution in [-0.2, 0) is 10.1 Å². The van der Waals surface area contributed by atoms with E-state index in [2.05, 4.69) is 6.92 Å². The number of rotatable bonds is 5. The Balaban J connectivity index is 1.83. The standard InChI is InChI=1S/C20H31O3PS/c1-16(17-12-14-20(15-13-17)25(21,22)23)24(18-8-4-2-5-9-18)19-10-6-3-7-11-19/h12-16,18-19H,2-11H2,1H3,(H,21,22,23). The second-order valence-electron chi connectivity index (χ2n) is 7.75. The monoisotopic (exact) mass is 382 g/mol. The minimum atomic E-state index is -4.10. The van der Waals surface area contributed by atoms with Crippen LogP contribution in [0.4, 0.5) is 0 Å². The van der Waals surface area contributed by atoms with E-state index >= 15 is 0 Å². The molecule has 2 aliphatic rings. The molecule has 2 saturated carbocycles. The molecule has 0 saturated heterocycles. The fourth-order valence-electron chi connectivity index (χ4n) is 4.78. The summed E-state index contributed by atoms with van der Waals surface area (Å²) >= 11 is 0. The van der Waals surface area contributed by atoms with E-state index < -0.39 is 10.1 Å². The van der Waals surface area contributed by atoms with Crippen LogP contribution in [0.15, 0.2) is 29.2 Å². The van der Waals surface area contributed by atoms with E-state index in [0.29, 0.717) is 5.66 Å². The average molecular weight is 383 g/mol. The second kappa shape index (κ2) is 8.50. The van der Waals surface area contributed by atoms with Gasteiger partial charge in [-0.15, -0.1) is 0 Å². The molecular weight excluding hydrogens is 351 g/mol. The second-order valence-corrected chi connectivity index (χ2v) is 12.3. The zero-order valence-corrected chi connectivity index (χ0v) is 16.9. The van der Waals surface area contributed by atoms with Crippen LogP contribution in [0, 0.1) is 0 Å². The molecule has 0 heterocycles. The summed E-state index contributed by atoms with van der Waals surface area (Å²) in [5, 5.41) is 0. The summed E-state index contributed by atoms with van der Waals surface area (Å²) in [4.78, 5) is 0.00288. The van der Waals surface area contributed by atoms with Crippen LogP contribution in [0.2, 0.25) is 0 Å². The van der Waals surface area contributed by atoms with Gasteiger partial charge in [-0.1, -0.05) is 65.5 Å². The van der Waals surface area contributed by atoms with Crippen LogP contribution in [0.25, 0.3) is 0 Å². The Morgan fingerprint density at radius 1 is 0.880 bits per heavy atom. The molecule has 1 atom stereocenters. The number of hydrogen-bond donors (Lipinski definition) is 1. The van der Waals surface area contributed by atoms with E-state index in [-0.39, 0.29) is 12.8 Å². The molecule has 0 radical (unpaired) electrons. The first-order valence-corrected chi connectivity index (χ1v) is 12.8. The summed E-state index contributed by atoms with van der Waals surface area (Å²) in [7, 11) is -4.19. The lowest BCUT2D eigenvalue weighted by Crippen LogP contribution is -2.23. The maximum atomic E-state index is 11.3. The van der Waals surface area contributed by atoms with Crippen molar-refractivity contribution in [3.05, 3.63) is 29.8 Å². The molecule has 0 amide bonds. The highest BCUT2D eigenvalue weighted by atomic mass is 32.2. The molecule has 3 rings (SSSR count). The molecule has 1 aromatic rings. The Kier molecular flexibility index (Phi) is 6.57. The lowest BCUT2D eigenvalue weighted by atomic mass is 9.99. The van der Waals surface area contributed by atoms with Gasteiger partial charge in [-0.25, -0.2) is 0 Å². The largest absolute Gasteiger partial charge is 0.294 e. The Hall–Kier alpha value is -0.440. The van der Waals surface area contributed by atoms with Gasteiger partial charge in [0.1, 0.15) is 0 Å². The van der Waals surface area contributed by atoms with Gasteiger partial charge in [-0.3, -0.25) is 4.55 Å². The fourth-order valence-corrected chi connectivity index (χ4v) is 9.56. The molecular formula is C20H31O3PS. The summed E-state index contributed by atoms with van der Waals surface area (Å²) in [6.07, 6.45) is 13.8. The van der Waals surface area contributed by atoms with Crippen molar-refractivity contribution in [3.63, 3.8) is 0 Å². The molecule has 2 aliphatic carbocycles. The quantitative estimate of drug-likeness (QED) is 0.491. The van der Waals surface area contributed by atoms with Gasteiger partial charge in [0.2, 0.25) is 0 Å². The van der Waals surface area contributed by atoms with Crippen LogP contribution < -0.4 is 0 Å². The summed E-state index contributed by atoms with van der Waals surface area (Å²) in [6, 6.07) is 6.98. The molecule has 0 bridgehead atoms. The highest BCUT2D eigenvalue weighted by Gasteiger charge is 2.35. The van der Waals surface area contributed by atoms with Gasteiger partial charge in [0, 0.05) is 5.66 Å². The molecule has 1 aromatic carbocycles. The normalized spacial score (nSPS) is 22.2. The maximum absolute atomic E-state index is 11.3. The van der Waals surface area contributed by atoms with E-state index in [9.17, 15) is 13.0 Å². The van der Waals surface area contributed by atoms with Gasteiger partial charge in [-0.05, 0) is 54.7 Å². The SMILES string of the molecule is CC(c1ccc(S(=O)(=O)O)cc1)P(C1CCCCC1)C1CCCCC1. The number of hydrogen-bond acceptors (Lipinski definition) is 2. The smallest absolute Gasteiger partial charge is 0.282 e. The van der Waals surface area contributed by atoms with E-state index in [1.54, 1.807) is 12.1 Å². The van der Waals surface area contributed by atoms with Crippen LogP contribution in [0.3, 0.4) is 0 Å². The molecule has 1 unspecified atom stereocenters. The fraction of sp³-hybridized carbons (Fsp3) is 0.700. The third-order valence-corrected chi connectivity index (χ3v) is 10.9. The highest BCUT2D eigenvalue weighted by Crippen LogP contribution is 2.64. The molecule has 140 valence electrons. The van der Waals surface area contributed by atoms with E-state index in [1.807, 2.05) is 12.1 Å². The highest BCUT2D eigenvalue weighted by molar-refractivity contribution is 7.85. The zero-order valence-electron chi connectivity index (χ0n) is 15.2. The van der Waals surface area contributed by atoms with Gasteiger partial charge in [0.05, 0.1) is 4.90 Å². The minimum Gasteiger partial charge on any atom is -0.282 e. The summed E-state index contributed by atoms with van der Waals surface area (Å²) in [5.41, 5.74) is 3.51. The van der Waals surface area contributed by atoms with Gasteiger partial charge in [0.25, 0.3) is 10.1 Å². The minimum absolute atomic E-state index is 0.00288. The Morgan fingerprint density at radius 3 is 1.72 bits per heavy atom. The van der Waals surface area contributed by atoms with Crippen molar-refractivity contribution in [1.29, 1.82) is 0 Å². The molecule has 2 fully saturated rings. The lowest BCUT2D eigenvalue weighted by Gasteiger charge is -2.42. The molecule has 5 heteroatoms. The third kappa shape index (κ3) is 4.84. The van der Waals surface area contributed by atoms with Crippen molar-refractivity contribution >= 4 is 18.0 Å². The molecule has 0 spiro atoms. The Morgan fingerprint density at radius 2 is 1.32 bits per heavy atom. The van der Waals surface area contributed by atoms with E-state index in [0.717, 1.165) is 11.3 Å². The van der Waals surface area contributed by atoms with Crippen LogP contribution >= 0.6 is 7.92 Å². The van der Waals surface area contributed by atoms with Crippen molar-refractivity contribution in [3.8, 4) is 0 Å². The van der Waals surface area contributed by atoms with Crippen LogP contribution in [-0.4, -0.2) is 24.3 Å². The van der Waals surface area contributed by atoms with E-state index in [4.69, 9.17) is 0 Å². The van der Waals surface area contributed by atoms with Gasteiger partial charge < -0.3 is 0 Å². The lowest BCUT2D eigenvalue weighted by molar-refractivity contribution is 0.481. The maximum Gasteiger partial charge on any atom is 0.294 e. The molecule has 0 aliphatic heterocycles. The molecule has 25 heavy (non-hydrogen) atoms. The van der Waals surface area contributed by atoms with Crippen LogP contribution in [0.1, 0.15) is 82.4 Å². The van der Waals surface area contributed by atoms with Crippen LogP contribution in [0.5, 0.6) is 0 Å². The first kappa shape index (κ1) is 19.3. The summed E-state index contributed by atoms with van der Waals surface area (Å²) in [5.74, 6) is 0. The zero-order chi connectivity index (χ0) is 17.9. The Bertz CT molecular complexity index is 626. The van der Waals surface area contributed by atoms with Gasteiger partial charge >= 0.3 is 0 Å². The first-order valence-electron chi connectivity index (χ1n) is 9.82. The number of benzene rings is 1. The average Bonchev–Trinajstić information content (AvgIpc) is 2.63. The van der Waals surface area contributed by atoms with E-state index in [1.165, 1.54) is 69.8 Å².